The summed E-state index contributed by atoms with van der Waals surface area (Å²) in [5.74, 6) is -6.11. The number of nitriles is 1. The fourth-order valence-electron chi connectivity index (χ4n) is 0.672. The molecule has 0 saturated carbocycles. The van der Waals surface area contributed by atoms with Crippen LogP contribution in [0.15, 0.2) is 12.1 Å². The minimum atomic E-state index is -3.90. The third-order valence-corrected chi connectivity index (χ3v) is 2.35. The topological polar surface area (TPSA) is 61.1 Å². The largest absolute Gasteiger partial charge is 0.477 e. The van der Waals surface area contributed by atoms with Gasteiger partial charge in [-0.15, -0.1) is 11.3 Å². The monoisotopic (exact) mass is 203 g/mol. The fourth-order valence-corrected chi connectivity index (χ4v) is 1.44. The van der Waals surface area contributed by atoms with Crippen LogP contribution < -0.4 is 0 Å². The van der Waals surface area contributed by atoms with Gasteiger partial charge >= 0.3 is 11.9 Å². The molecule has 1 aromatic heterocycles. The van der Waals surface area contributed by atoms with Crippen molar-refractivity contribution in [2.24, 2.45) is 0 Å². The molecule has 13 heavy (non-hydrogen) atoms. The molecule has 0 amide bonds. The summed E-state index contributed by atoms with van der Waals surface area (Å²) in [6.45, 7) is 0. The molecular formula is C7H3F2NO2S. The first-order valence-corrected chi connectivity index (χ1v) is 3.91. The van der Waals surface area contributed by atoms with Crippen LogP contribution in [0.4, 0.5) is 8.78 Å². The van der Waals surface area contributed by atoms with Crippen molar-refractivity contribution < 1.29 is 18.7 Å². The van der Waals surface area contributed by atoms with Crippen molar-refractivity contribution in [1.29, 1.82) is 5.26 Å². The SMILES string of the molecule is N#Cc1ccc(C(F)(F)C(=O)O)s1. The molecule has 0 spiro atoms. The zero-order valence-corrected chi connectivity index (χ0v) is 6.94. The van der Waals surface area contributed by atoms with E-state index in [2.05, 4.69) is 0 Å². The minimum absolute atomic E-state index is 0.0657. The Labute approximate surface area is 75.8 Å². The first kappa shape index (κ1) is 9.61. The summed E-state index contributed by atoms with van der Waals surface area (Å²) in [6.07, 6.45) is 0. The summed E-state index contributed by atoms with van der Waals surface area (Å²) in [4.78, 5) is 9.53. The van der Waals surface area contributed by atoms with Crippen LogP contribution in [0.3, 0.4) is 0 Å². The average molecular weight is 203 g/mol. The molecule has 1 heterocycles. The second-order valence-corrected chi connectivity index (χ2v) is 3.24. The molecule has 0 aliphatic carbocycles. The Kier molecular flexibility index (Phi) is 2.30. The lowest BCUT2D eigenvalue weighted by Gasteiger charge is -2.06. The first-order valence-electron chi connectivity index (χ1n) is 3.10. The molecule has 0 unspecified atom stereocenters. The van der Waals surface area contributed by atoms with E-state index in [1.807, 2.05) is 0 Å². The summed E-state index contributed by atoms with van der Waals surface area (Å²) >= 11 is 0.476. The lowest BCUT2D eigenvalue weighted by Crippen LogP contribution is -2.23. The summed E-state index contributed by atoms with van der Waals surface area (Å²) < 4.78 is 25.5. The molecule has 0 bridgehead atoms. The number of nitrogens with zero attached hydrogens (tertiary/aromatic N) is 1. The molecule has 6 heteroatoms. The maximum absolute atomic E-state index is 12.7. The molecule has 1 rings (SSSR count). The molecule has 0 aliphatic rings. The molecular weight excluding hydrogens is 200 g/mol. The molecule has 68 valence electrons. The second-order valence-electron chi connectivity index (χ2n) is 2.16. The van der Waals surface area contributed by atoms with E-state index in [1.54, 1.807) is 6.07 Å². The Morgan fingerprint density at radius 1 is 1.62 bits per heavy atom. The van der Waals surface area contributed by atoms with Gasteiger partial charge in [-0.1, -0.05) is 0 Å². The highest BCUT2D eigenvalue weighted by Crippen LogP contribution is 2.33. The lowest BCUT2D eigenvalue weighted by molar-refractivity contribution is -0.165. The fraction of sp³-hybridized carbons (Fsp3) is 0.143. The molecule has 3 nitrogen and oxygen atoms in total. The van der Waals surface area contributed by atoms with Crippen LogP contribution in [-0.2, 0) is 10.7 Å². The van der Waals surface area contributed by atoms with E-state index in [1.165, 1.54) is 0 Å². The number of thiophene rings is 1. The molecule has 0 aromatic carbocycles. The molecule has 0 saturated heterocycles. The second kappa shape index (κ2) is 3.11. The van der Waals surface area contributed by atoms with E-state index in [0.717, 1.165) is 12.1 Å². The van der Waals surface area contributed by atoms with Crippen LogP contribution in [0.25, 0.3) is 0 Å². The lowest BCUT2D eigenvalue weighted by atomic mass is 10.3. The number of halogens is 2. The standard InChI is InChI=1S/C7H3F2NO2S/c8-7(9,6(11)12)5-2-1-4(3-10)13-5/h1-2H,(H,11,12). The predicted molar refractivity (Wildman–Crippen MR) is 40.6 cm³/mol. The number of rotatable bonds is 2. The van der Waals surface area contributed by atoms with E-state index >= 15 is 0 Å². The Bertz CT molecular complexity index is 380. The third-order valence-electron chi connectivity index (χ3n) is 1.29. The molecule has 0 fully saturated rings. The highest BCUT2D eigenvalue weighted by atomic mass is 32.1. The van der Waals surface area contributed by atoms with E-state index in [0.29, 0.717) is 11.3 Å². The highest BCUT2D eigenvalue weighted by molar-refractivity contribution is 7.12. The number of aliphatic carboxylic acids is 1. The van der Waals surface area contributed by atoms with E-state index in [-0.39, 0.29) is 4.88 Å². The van der Waals surface area contributed by atoms with Crippen molar-refractivity contribution in [3.63, 3.8) is 0 Å². The third kappa shape index (κ3) is 1.65. The smallest absolute Gasteiger partial charge is 0.380 e. The Morgan fingerprint density at radius 3 is 2.62 bits per heavy atom. The minimum Gasteiger partial charge on any atom is -0.477 e. The maximum atomic E-state index is 12.7. The normalized spacial score (nSPS) is 10.8. The van der Waals surface area contributed by atoms with Crippen molar-refractivity contribution in [2.45, 2.75) is 5.92 Å². The van der Waals surface area contributed by atoms with Crippen LogP contribution in [-0.4, -0.2) is 11.1 Å². The van der Waals surface area contributed by atoms with Gasteiger partial charge < -0.3 is 5.11 Å². The van der Waals surface area contributed by atoms with Gasteiger partial charge in [-0.2, -0.15) is 14.0 Å². The van der Waals surface area contributed by atoms with Gasteiger partial charge in [0.2, 0.25) is 0 Å². The van der Waals surface area contributed by atoms with Crippen LogP contribution in [0, 0.1) is 11.3 Å². The maximum Gasteiger partial charge on any atom is 0.380 e. The van der Waals surface area contributed by atoms with Gasteiger partial charge in [0.05, 0.1) is 4.88 Å². The van der Waals surface area contributed by atoms with Gasteiger partial charge in [-0.05, 0) is 12.1 Å². The molecule has 1 aromatic rings. The summed E-state index contributed by atoms with van der Waals surface area (Å²) in [7, 11) is 0. The highest BCUT2D eigenvalue weighted by Gasteiger charge is 2.42. The number of hydrogen-bond acceptors (Lipinski definition) is 3. The summed E-state index contributed by atoms with van der Waals surface area (Å²) in [6, 6.07) is 3.76. The van der Waals surface area contributed by atoms with Gasteiger partial charge in [0, 0.05) is 0 Å². The Hall–Kier alpha value is -1.48. The molecule has 1 N–H and O–H groups in total. The van der Waals surface area contributed by atoms with Crippen LogP contribution in [0.2, 0.25) is 0 Å². The number of carboxylic acids is 1. The van der Waals surface area contributed by atoms with Crippen molar-refractivity contribution in [3.05, 3.63) is 21.9 Å². The van der Waals surface area contributed by atoms with Crippen LogP contribution >= 0.6 is 11.3 Å². The van der Waals surface area contributed by atoms with Crippen molar-refractivity contribution in [1.82, 2.24) is 0 Å². The van der Waals surface area contributed by atoms with Gasteiger partial charge in [0.1, 0.15) is 10.9 Å². The van der Waals surface area contributed by atoms with Gasteiger partial charge in [0.15, 0.2) is 0 Å². The summed E-state index contributed by atoms with van der Waals surface area (Å²) in [5, 5.41) is 16.5. The van der Waals surface area contributed by atoms with E-state index in [4.69, 9.17) is 10.4 Å². The van der Waals surface area contributed by atoms with Gasteiger partial charge in [-0.3, -0.25) is 0 Å². The van der Waals surface area contributed by atoms with E-state index in [9.17, 15) is 13.6 Å². The average Bonchev–Trinajstić information content (AvgIpc) is 2.51. The van der Waals surface area contributed by atoms with Gasteiger partial charge in [0.25, 0.3) is 0 Å². The Morgan fingerprint density at radius 2 is 2.23 bits per heavy atom. The van der Waals surface area contributed by atoms with Crippen molar-refractivity contribution in [2.75, 3.05) is 0 Å². The number of hydrogen-bond donors (Lipinski definition) is 1. The van der Waals surface area contributed by atoms with E-state index < -0.39 is 16.8 Å². The Balaban J connectivity index is 3.09. The van der Waals surface area contributed by atoms with Gasteiger partial charge in [-0.25, -0.2) is 4.79 Å². The zero-order chi connectivity index (χ0) is 10.1. The molecule has 0 radical (unpaired) electrons. The zero-order valence-electron chi connectivity index (χ0n) is 6.12. The molecule has 0 atom stereocenters. The quantitative estimate of drug-likeness (QED) is 0.797. The first-order chi connectivity index (χ1) is 5.98. The van der Waals surface area contributed by atoms with Crippen LogP contribution in [0.5, 0.6) is 0 Å². The van der Waals surface area contributed by atoms with Crippen molar-refractivity contribution >= 4 is 17.3 Å². The number of carboxylic acid groups (broad SMARTS) is 1. The number of alkyl halides is 2. The predicted octanol–water partition coefficient (Wildman–Crippen LogP) is 1.80. The molecule has 0 aliphatic heterocycles. The van der Waals surface area contributed by atoms with Crippen molar-refractivity contribution in [3.8, 4) is 6.07 Å². The summed E-state index contributed by atoms with van der Waals surface area (Å²) in [5.41, 5.74) is 0. The number of carbonyl (C=O) groups is 1. The van der Waals surface area contributed by atoms with Crippen LogP contribution in [0.1, 0.15) is 9.75 Å².